The van der Waals surface area contributed by atoms with Crippen LogP contribution in [0.25, 0.3) is 0 Å². The van der Waals surface area contributed by atoms with Gasteiger partial charge in [-0.15, -0.1) is 0 Å². The summed E-state index contributed by atoms with van der Waals surface area (Å²) in [5.41, 5.74) is 0.489. The maximum absolute atomic E-state index is 10.9. The molecule has 0 spiro atoms. The number of hydrogen-bond donors (Lipinski definition) is 0. The highest BCUT2D eigenvalue weighted by molar-refractivity contribution is 5.83. The van der Waals surface area contributed by atoms with Crippen LogP contribution in [0, 0.1) is 21.4 Å². The number of benzene rings is 1. The van der Waals surface area contributed by atoms with Crippen LogP contribution in [0.5, 0.6) is 0 Å². The maximum atomic E-state index is 10.9. The Bertz CT molecular complexity index is 552. The second-order valence-electron chi connectivity index (χ2n) is 4.05. The number of nitriles is 1. The molecule has 1 heterocycles. The number of morpholine rings is 1. The lowest BCUT2D eigenvalue weighted by Crippen LogP contribution is -2.41. The quantitative estimate of drug-likeness (QED) is 0.459. The van der Waals surface area contributed by atoms with E-state index in [0.717, 1.165) is 0 Å². The summed E-state index contributed by atoms with van der Waals surface area (Å²) in [6.45, 7) is 1.37. The van der Waals surface area contributed by atoms with Gasteiger partial charge >= 0.3 is 0 Å². The summed E-state index contributed by atoms with van der Waals surface area (Å²) >= 11 is 0. The Morgan fingerprint density at radius 3 is 3.00 bits per heavy atom. The first-order chi connectivity index (χ1) is 9.15. The SMILES string of the molecule is N#CC1CN(c2ccc([N+](=O)[O-])c(C=O)c2)CCO1. The van der Waals surface area contributed by atoms with Crippen LogP contribution in [0.1, 0.15) is 10.4 Å². The number of carbonyl (C=O) groups is 1. The second-order valence-corrected chi connectivity index (χ2v) is 4.05. The van der Waals surface area contributed by atoms with E-state index >= 15 is 0 Å². The first-order valence-electron chi connectivity index (χ1n) is 5.65. The van der Waals surface area contributed by atoms with Crippen molar-refractivity contribution in [1.82, 2.24) is 0 Å². The van der Waals surface area contributed by atoms with Gasteiger partial charge in [-0.3, -0.25) is 14.9 Å². The van der Waals surface area contributed by atoms with Gasteiger partial charge in [0.25, 0.3) is 5.69 Å². The molecule has 1 aliphatic heterocycles. The summed E-state index contributed by atoms with van der Waals surface area (Å²) in [7, 11) is 0. The second kappa shape index (κ2) is 5.46. The highest BCUT2D eigenvalue weighted by atomic mass is 16.6. The van der Waals surface area contributed by atoms with Gasteiger partial charge in [-0.2, -0.15) is 5.26 Å². The van der Waals surface area contributed by atoms with Gasteiger partial charge in [0.1, 0.15) is 0 Å². The molecule has 1 aromatic rings. The van der Waals surface area contributed by atoms with Crippen molar-refractivity contribution in [3.63, 3.8) is 0 Å². The number of nitrogens with zero attached hydrogens (tertiary/aromatic N) is 3. The van der Waals surface area contributed by atoms with Gasteiger partial charge in [-0.25, -0.2) is 0 Å². The third-order valence-corrected chi connectivity index (χ3v) is 2.91. The normalized spacial score (nSPS) is 18.7. The topological polar surface area (TPSA) is 96.5 Å². The molecule has 0 bridgehead atoms. The van der Waals surface area contributed by atoms with Crippen LogP contribution in [0.15, 0.2) is 18.2 Å². The Balaban J connectivity index is 2.28. The predicted octanol–water partition coefficient (Wildman–Crippen LogP) is 1.14. The average molecular weight is 261 g/mol. The minimum Gasteiger partial charge on any atom is -0.365 e. The van der Waals surface area contributed by atoms with Crippen LogP contribution >= 0.6 is 0 Å². The molecule has 0 saturated carbocycles. The molecule has 7 nitrogen and oxygen atoms in total. The number of carbonyl (C=O) groups excluding carboxylic acids is 1. The van der Waals surface area contributed by atoms with E-state index in [2.05, 4.69) is 0 Å². The van der Waals surface area contributed by atoms with Gasteiger partial charge in [0.05, 0.1) is 29.7 Å². The Morgan fingerprint density at radius 1 is 1.58 bits per heavy atom. The van der Waals surface area contributed by atoms with Crippen molar-refractivity contribution in [2.24, 2.45) is 0 Å². The fourth-order valence-corrected chi connectivity index (χ4v) is 1.96. The summed E-state index contributed by atoms with van der Waals surface area (Å²) in [5.74, 6) is 0. The minimum absolute atomic E-state index is 0.0301. The molecule has 2 rings (SSSR count). The van der Waals surface area contributed by atoms with Gasteiger partial charge in [0, 0.05) is 18.3 Å². The molecule has 1 atom stereocenters. The lowest BCUT2D eigenvalue weighted by atomic mass is 10.1. The summed E-state index contributed by atoms with van der Waals surface area (Å²) in [6, 6.07) is 6.36. The number of nitro groups is 1. The molecule has 0 N–H and O–H groups in total. The number of aldehydes is 1. The van der Waals surface area contributed by atoms with Crippen molar-refractivity contribution in [2.45, 2.75) is 6.10 Å². The Hall–Kier alpha value is -2.46. The third kappa shape index (κ3) is 2.69. The van der Waals surface area contributed by atoms with Crippen molar-refractivity contribution < 1.29 is 14.5 Å². The van der Waals surface area contributed by atoms with E-state index < -0.39 is 11.0 Å². The predicted molar refractivity (Wildman–Crippen MR) is 66.0 cm³/mol. The van der Waals surface area contributed by atoms with Gasteiger partial charge in [0.2, 0.25) is 0 Å². The first kappa shape index (κ1) is 13.0. The van der Waals surface area contributed by atoms with E-state index in [1.807, 2.05) is 11.0 Å². The first-order valence-corrected chi connectivity index (χ1v) is 5.65. The molecule has 0 amide bonds. The zero-order chi connectivity index (χ0) is 13.8. The van der Waals surface area contributed by atoms with Crippen molar-refractivity contribution >= 4 is 17.7 Å². The molecule has 0 radical (unpaired) electrons. The highest BCUT2D eigenvalue weighted by Crippen LogP contribution is 2.25. The number of hydrogen-bond acceptors (Lipinski definition) is 6. The lowest BCUT2D eigenvalue weighted by Gasteiger charge is -2.31. The molecule has 1 saturated heterocycles. The number of nitro benzene ring substituents is 1. The Kier molecular flexibility index (Phi) is 3.73. The van der Waals surface area contributed by atoms with Crippen molar-refractivity contribution in [1.29, 1.82) is 5.26 Å². The molecular weight excluding hydrogens is 250 g/mol. The van der Waals surface area contributed by atoms with Gasteiger partial charge in [-0.05, 0) is 12.1 Å². The van der Waals surface area contributed by atoms with Crippen molar-refractivity contribution in [3.8, 4) is 6.07 Å². The summed E-state index contributed by atoms with van der Waals surface area (Å²) < 4.78 is 5.22. The monoisotopic (exact) mass is 261 g/mol. The number of anilines is 1. The Labute approximate surface area is 109 Å². The van der Waals surface area contributed by atoms with Crippen LogP contribution in [0.3, 0.4) is 0 Å². The van der Waals surface area contributed by atoms with E-state index in [1.165, 1.54) is 12.1 Å². The maximum Gasteiger partial charge on any atom is 0.280 e. The lowest BCUT2D eigenvalue weighted by molar-refractivity contribution is -0.385. The van der Waals surface area contributed by atoms with Crippen LogP contribution in [-0.2, 0) is 4.74 Å². The molecule has 7 heteroatoms. The molecule has 1 aromatic carbocycles. The molecule has 1 unspecified atom stereocenters. The van der Waals surface area contributed by atoms with Crippen molar-refractivity contribution in [2.75, 3.05) is 24.6 Å². The zero-order valence-electron chi connectivity index (χ0n) is 9.98. The van der Waals surface area contributed by atoms with E-state index in [4.69, 9.17) is 10.00 Å². The van der Waals surface area contributed by atoms with Crippen LogP contribution in [0.2, 0.25) is 0 Å². The Morgan fingerprint density at radius 2 is 2.37 bits per heavy atom. The van der Waals surface area contributed by atoms with Gasteiger partial charge in [-0.1, -0.05) is 0 Å². The van der Waals surface area contributed by atoms with Gasteiger partial charge < -0.3 is 9.64 Å². The molecule has 1 aliphatic rings. The molecule has 0 aromatic heterocycles. The van der Waals surface area contributed by atoms with Crippen LogP contribution in [-0.4, -0.2) is 37.0 Å². The molecule has 0 aliphatic carbocycles. The minimum atomic E-state index is -0.592. The number of ether oxygens (including phenoxy) is 1. The smallest absolute Gasteiger partial charge is 0.280 e. The van der Waals surface area contributed by atoms with Crippen LogP contribution < -0.4 is 4.90 Å². The fraction of sp³-hybridized carbons (Fsp3) is 0.333. The zero-order valence-corrected chi connectivity index (χ0v) is 9.98. The fourth-order valence-electron chi connectivity index (χ4n) is 1.96. The molecule has 1 fully saturated rings. The van der Waals surface area contributed by atoms with E-state index in [-0.39, 0.29) is 11.3 Å². The van der Waals surface area contributed by atoms with Gasteiger partial charge in [0.15, 0.2) is 12.4 Å². The summed E-state index contributed by atoms with van der Waals surface area (Å²) in [4.78, 5) is 22.9. The van der Waals surface area contributed by atoms with E-state index in [0.29, 0.717) is 31.7 Å². The van der Waals surface area contributed by atoms with Crippen LogP contribution in [0.4, 0.5) is 11.4 Å². The standard InChI is InChI=1S/C12H11N3O4/c13-6-11-7-14(3-4-19-11)10-1-2-12(15(17)18)9(5-10)8-16/h1-2,5,8,11H,3-4,7H2. The highest BCUT2D eigenvalue weighted by Gasteiger charge is 2.22. The summed E-state index contributed by atoms with van der Waals surface area (Å²) in [6.07, 6.45) is -0.0623. The summed E-state index contributed by atoms with van der Waals surface area (Å²) in [5, 5.41) is 19.6. The molecule has 98 valence electrons. The van der Waals surface area contributed by atoms with E-state index in [1.54, 1.807) is 6.07 Å². The average Bonchev–Trinajstić information content (AvgIpc) is 2.46. The van der Waals surface area contributed by atoms with E-state index in [9.17, 15) is 14.9 Å². The largest absolute Gasteiger partial charge is 0.365 e. The molecular formula is C12H11N3O4. The van der Waals surface area contributed by atoms with Crippen molar-refractivity contribution in [3.05, 3.63) is 33.9 Å². The number of rotatable bonds is 3. The third-order valence-electron chi connectivity index (χ3n) is 2.91. The molecule has 19 heavy (non-hydrogen) atoms.